The Morgan fingerprint density at radius 1 is 1.67 bits per heavy atom. The molecule has 0 radical (unpaired) electrons. The molecule has 1 unspecified atom stereocenters. The Morgan fingerprint density at radius 3 is 2.93 bits per heavy atom. The zero-order valence-electron chi connectivity index (χ0n) is 8.16. The highest BCUT2D eigenvalue weighted by Crippen LogP contribution is 2.24. The van der Waals surface area contributed by atoms with Crippen molar-refractivity contribution in [2.24, 2.45) is 10.1 Å². The van der Waals surface area contributed by atoms with Gasteiger partial charge >= 0.3 is 6.17 Å². The fourth-order valence-corrected chi connectivity index (χ4v) is 2.12. The molecule has 2 rings (SSSR count). The summed E-state index contributed by atoms with van der Waals surface area (Å²) in [6, 6.07) is 0. The number of allylic oxidation sites excluding steroid dienone is 1. The number of hydrogen-bond donors (Lipinski definition) is 0. The molecular weight excluding hydrogens is 328 g/mol. The number of Topliss-reactive ketones (excluding diaryl/α,β-unsaturated/α-hetero) is 1. The maximum Gasteiger partial charge on any atom is 0.314 e. The maximum atomic E-state index is 11.2. The van der Waals surface area contributed by atoms with E-state index >= 15 is 0 Å². The van der Waals surface area contributed by atoms with Crippen LogP contribution in [0.25, 0.3) is 0 Å². The molecule has 0 aromatic carbocycles. The molecule has 0 saturated carbocycles. The van der Waals surface area contributed by atoms with E-state index in [-0.39, 0.29) is 11.9 Å². The summed E-state index contributed by atoms with van der Waals surface area (Å²) in [5.74, 6) is -0.0969. The molecule has 0 amide bonds. The van der Waals surface area contributed by atoms with Crippen molar-refractivity contribution in [3.63, 3.8) is 0 Å². The highest BCUT2D eigenvalue weighted by Gasteiger charge is 2.39. The van der Waals surface area contributed by atoms with Gasteiger partial charge in [-0.05, 0) is 17.7 Å². The summed E-state index contributed by atoms with van der Waals surface area (Å²) in [5, 5.41) is 4.73. The smallest absolute Gasteiger partial charge is 0.293 e. The minimum absolute atomic E-state index is 0.0969. The standard InChI is InChI=1S/C9H8ClIN3O/c1-4-8(11)14-9(12-4)6(10)3-7(13-14)5(2)15/h3,9H,1-2H3/q+1. The van der Waals surface area contributed by atoms with Gasteiger partial charge in [-0.15, -0.1) is 0 Å². The van der Waals surface area contributed by atoms with E-state index in [1.165, 1.54) is 6.92 Å². The van der Waals surface area contributed by atoms with Crippen LogP contribution in [0.4, 0.5) is 0 Å². The van der Waals surface area contributed by atoms with Gasteiger partial charge in [-0.1, -0.05) is 11.6 Å². The zero-order valence-corrected chi connectivity index (χ0v) is 11.1. The molecule has 78 valence electrons. The number of halogens is 2. The number of ketones is 1. The number of rotatable bonds is 1. The molecule has 2 aliphatic heterocycles. The minimum atomic E-state index is -0.276. The number of fused-ring (bicyclic) bond motifs is 1. The number of nitrogens with zero attached hydrogens (tertiary/aromatic N) is 3. The second kappa shape index (κ2) is 3.79. The van der Waals surface area contributed by atoms with Crippen LogP contribution in [0.15, 0.2) is 21.2 Å². The van der Waals surface area contributed by atoms with Crippen LogP contribution in [0.5, 0.6) is 0 Å². The molecule has 1 atom stereocenters. The van der Waals surface area contributed by atoms with Crippen LogP contribution in [0, 0.1) is 0 Å². The number of aliphatic imine (C=N–C) groups is 1. The number of carbonyl (C=O) groups is 1. The highest BCUT2D eigenvalue weighted by atomic mass is 127. The molecule has 0 aromatic rings. The van der Waals surface area contributed by atoms with Crippen molar-refractivity contribution < 1.29 is 9.48 Å². The molecule has 0 saturated heterocycles. The van der Waals surface area contributed by atoms with E-state index in [0.29, 0.717) is 10.7 Å². The molecule has 0 aromatic heterocycles. The second-order valence-electron chi connectivity index (χ2n) is 3.29. The molecule has 0 N–H and O–H groups in total. The number of carbonyl (C=O) groups excluding carboxylic acids is 1. The van der Waals surface area contributed by atoms with Crippen molar-refractivity contribution in [1.82, 2.24) is 0 Å². The van der Waals surface area contributed by atoms with Crippen LogP contribution in [0.2, 0.25) is 0 Å². The third-order valence-corrected chi connectivity index (χ3v) is 3.72. The largest absolute Gasteiger partial charge is 0.314 e. The van der Waals surface area contributed by atoms with Crippen molar-refractivity contribution in [2.75, 3.05) is 0 Å². The summed E-state index contributed by atoms with van der Waals surface area (Å²) in [7, 11) is 0. The quantitative estimate of drug-likeness (QED) is 0.531. The predicted octanol–water partition coefficient (Wildman–Crippen LogP) is 1.71. The van der Waals surface area contributed by atoms with Gasteiger partial charge in [-0.3, -0.25) is 4.79 Å². The van der Waals surface area contributed by atoms with E-state index in [0.717, 1.165) is 9.43 Å². The first-order valence-corrected chi connectivity index (χ1v) is 5.79. The highest BCUT2D eigenvalue weighted by molar-refractivity contribution is 14.1. The van der Waals surface area contributed by atoms with Crippen LogP contribution >= 0.6 is 34.2 Å². The van der Waals surface area contributed by atoms with Crippen LogP contribution in [0.3, 0.4) is 0 Å². The van der Waals surface area contributed by atoms with Crippen LogP contribution in [-0.4, -0.2) is 31.8 Å². The maximum absolute atomic E-state index is 11.2. The lowest BCUT2D eigenvalue weighted by Gasteiger charge is -2.07. The minimum Gasteiger partial charge on any atom is -0.293 e. The Kier molecular flexibility index (Phi) is 2.76. The van der Waals surface area contributed by atoms with Crippen molar-refractivity contribution >= 4 is 55.1 Å². The van der Waals surface area contributed by atoms with Gasteiger partial charge in [0.1, 0.15) is 10.7 Å². The molecule has 0 aliphatic carbocycles. The molecule has 2 heterocycles. The lowest BCUT2D eigenvalue weighted by atomic mass is 10.2. The van der Waals surface area contributed by atoms with Crippen LogP contribution < -0.4 is 0 Å². The van der Waals surface area contributed by atoms with E-state index in [1.807, 2.05) is 6.92 Å². The van der Waals surface area contributed by atoms with Crippen molar-refractivity contribution in [2.45, 2.75) is 20.0 Å². The zero-order chi connectivity index (χ0) is 11.2. The van der Waals surface area contributed by atoms with E-state index in [4.69, 9.17) is 11.6 Å². The molecule has 2 aliphatic rings. The van der Waals surface area contributed by atoms with Gasteiger partial charge in [-0.25, -0.2) is 4.99 Å². The molecule has 15 heavy (non-hydrogen) atoms. The van der Waals surface area contributed by atoms with Gasteiger partial charge in [0.05, 0.1) is 0 Å². The van der Waals surface area contributed by atoms with Gasteiger partial charge in [0.15, 0.2) is 11.5 Å². The average Bonchev–Trinajstić information content (AvgIpc) is 2.45. The molecule has 0 fully saturated rings. The number of hydrazone groups is 1. The molecule has 0 bridgehead atoms. The van der Waals surface area contributed by atoms with Crippen molar-refractivity contribution in [3.05, 3.63) is 11.1 Å². The van der Waals surface area contributed by atoms with Gasteiger partial charge in [0.25, 0.3) is 3.72 Å². The fourth-order valence-electron chi connectivity index (χ4n) is 1.36. The van der Waals surface area contributed by atoms with Gasteiger partial charge < -0.3 is 0 Å². The summed E-state index contributed by atoms with van der Waals surface area (Å²) in [5.41, 5.74) is 1.26. The van der Waals surface area contributed by atoms with E-state index < -0.39 is 0 Å². The van der Waals surface area contributed by atoms with Crippen molar-refractivity contribution in [1.29, 1.82) is 0 Å². The first-order chi connectivity index (χ1) is 7.00. The monoisotopic (exact) mass is 336 g/mol. The molecule has 4 nitrogen and oxygen atoms in total. The second-order valence-corrected chi connectivity index (χ2v) is 4.75. The SMILES string of the molecule is CC(=O)C1=N[N+]2=C(I)C(C)=NC2C(Cl)=C1. The number of hydrogen-bond acceptors (Lipinski definition) is 3. The Bertz CT molecular complexity index is 476. The molecule has 0 spiro atoms. The topological polar surface area (TPSA) is 44.8 Å². The Labute approximate surface area is 106 Å². The van der Waals surface area contributed by atoms with Crippen molar-refractivity contribution in [3.8, 4) is 0 Å². The third-order valence-electron chi connectivity index (χ3n) is 2.14. The average molecular weight is 337 g/mol. The van der Waals surface area contributed by atoms with E-state index in [9.17, 15) is 4.79 Å². The van der Waals surface area contributed by atoms with Gasteiger partial charge in [0.2, 0.25) is 0 Å². The summed E-state index contributed by atoms with van der Waals surface area (Å²) in [6.45, 7) is 3.36. The first kappa shape index (κ1) is 10.9. The Morgan fingerprint density at radius 2 is 2.33 bits per heavy atom. The summed E-state index contributed by atoms with van der Waals surface area (Å²) in [4.78, 5) is 15.6. The molecular formula is C9H8ClIN3O+. The predicted molar refractivity (Wildman–Crippen MR) is 68.2 cm³/mol. The van der Waals surface area contributed by atoms with E-state index in [2.05, 4.69) is 32.7 Å². The Balaban J connectivity index is 2.53. The summed E-state index contributed by atoms with van der Waals surface area (Å²) >= 11 is 8.19. The summed E-state index contributed by atoms with van der Waals surface area (Å²) in [6.07, 6.45) is 1.30. The lowest BCUT2D eigenvalue weighted by Crippen LogP contribution is -2.27. The first-order valence-electron chi connectivity index (χ1n) is 4.34. The normalized spacial score (nSPS) is 24.5. The van der Waals surface area contributed by atoms with Crippen LogP contribution in [0.1, 0.15) is 13.8 Å². The summed E-state index contributed by atoms with van der Waals surface area (Å²) < 4.78 is 2.58. The van der Waals surface area contributed by atoms with Gasteiger partial charge in [0, 0.05) is 34.6 Å². The van der Waals surface area contributed by atoms with Gasteiger partial charge in [-0.2, -0.15) is 0 Å². The van der Waals surface area contributed by atoms with E-state index in [1.54, 1.807) is 10.8 Å². The van der Waals surface area contributed by atoms with Crippen LogP contribution in [-0.2, 0) is 4.79 Å². The Hall–Kier alpha value is -0.560. The molecule has 6 heteroatoms. The lowest BCUT2D eigenvalue weighted by molar-refractivity contribution is -0.552. The fraction of sp³-hybridized carbons (Fsp3) is 0.333. The third kappa shape index (κ3) is 1.78.